The van der Waals surface area contributed by atoms with Crippen LogP contribution in [0.2, 0.25) is 0 Å². The summed E-state index contributed by atoms with van der Waals surface area (Å²) in [6, 6.07) is 0.294. The monoisotopic (exact) mass is 344 g/mol. The van der Waals surface area contributed by atoms with Gasteiger partial charge in [0.1, 0.15) is 11.6 Å². The van der Waals surface area contributed by atoms with E-state index in [4.69, 9.17) is 11.5 Å². The van der Waals surface area contributed by atoms with Crippen molar-refractivity contribution in [1.29, 1.82) is 0 Å². The molecule has 1 aromatic carbocycles. The highest BCUT2D eigenvalue weighted by molar-refractivity contribution is 9.10. The topological polar surface area (TPSA) is 76.8 Å². The highest BCUT2D eigenvalue weighted by atomic mass is 79.9. The summed E-state index contributed by atoms with van der Waals surface area (Å²) in [4.78, 5) is 0. The maximum Gasteiger partial charge on any atom is 0.419 e. The number of rotatable bonds is 2. The van der Waals surface area contributed by atoms with Crippen molar-refractivity contribution in [2.75, 3.05) is 0 Å². The molecule has 4 nitrogen and oxygen atoms in total. The molecule has 0 bridgehead atoms. The first-order valence-electron chi connectivity index (χ1n) is 4.51. The van der Waals surface area contributed by atoms with Crippen molar-refractivity contribution in [1.82, 2.24) is 0 Å². The van der Waals surface area contributed by atoms with Gasteiger partial charge < -0.3 is 11.5 Å². The molecular weight excluding hydrogens is 339 g/mol. The van der Waals surface area contributed by atoms with Crippen molar-refractivity contribution in [3.8, 4) is 0 Å². The molecule has 1 rings (SSSR count). The van der Waals surface area contributed by atoms with E-state index in [9.17, 15) is 22.0 Å². The molecule has 0 aromatic heterocycles. The number of hydrogen-bond donors (Lipinski definition) is 2. The molecule has 0 heterocycles. The Hall–Kier alpha value is -1.71. The van der Waals surface area contributed by atoms with E-state index in [1.807, 2.05) is 0 Å². The van der Waals surface area contributed by atoms with Crippen LogP contribution in [0.25, 0.3) is 0 Å². The Morgan fingerprint density at radius 3 is 2.26 bits per heavy atom. The van der Waals surface area contributed by atoms with Crippen LogP contribution in [0, 0.1) is 11.6 Å². The van der Waals surface area contributed by atoms with Gasteiger partial charge in [0.15, 0.2) is 0 Å². The van der Waals surface area contributed by atoms with Crippen LogP contribution in [0.4, 0.5) is 22.0 Å². The molecule has 0 atom stereocenters. The van der Waals surface area contributed by atoms with Gasteiger partial charge in [-0.05, 0) is 22.0 Å². The lowest BCUT2D eigenvalue weighted by molar-refractivity contribution is -0.140. The Balaban J connectivity index is 3.43. The van der Waals surface area contributed by atoms with E-state index in [0.717, 1.165) is 0 Å². The molecule has 0 aliphatic carbocycles. The number of halogens is 6. The predicted molar refractivity (Wildman–Crippen MR) is 62.5 cm³/mol. The summed E-state index contributed by atoms with van der Waals surface area (Å²) in [5.41, 5.74) is 7.16. The summed E-state index contributed by atoms with van der Waals surface area (Å²) in [5.74, 6) is -3.56. The van der Waals surface area contributed by atoms with Gasteiger partial charge in [-0.3, -0.25) is 0 Å². The SMILES string of the molecule is NC(N)=NN=Cc1c(F)c(Br)cc(C(F)(F)F)c1F. The molecule has 104 valence electrons. The van der Waals surface area contributed by atoms with Gasteiger partial charge in [0, 0.05) is 0 Å². The zero-order valence-corrected chi connectivity index (χ0v) is 10.6. The molecule has 19 heavy (non-hydrogen) atoms. The first kappa shape index (κ1) is 15.3. The van der Waals surface area contributed by atoms with E-state index in [2.05, 4.69) is 26.1 Å². The van der Waals surface area contributed by atoms with E-state index >= 15 is 0 Å². The molecule has 0 aliphatic heterocycles. The van der Waals surface area contributed by atoms with Crippen LogP contribution in [0.5, 0.6) is 0 Å². The number of guanidine groups is 1. The summed E-state index contributed by atoms with van der Waals surface area (Å²) >= 11 is 2.56. The fourth-order valence-corrected chi connectivity index (χ4v) is 1.54. The minimum Gasteiger partial charge on any atom is -0.369 e. The van der Waals surface area contributed by atoms with Gasteiger partial charge in [0.05, 0.1) is 21.8 Å². The molecule has 0 unspecified atom stereocenters. The lowest BCUT2D eigenvalue weighted by atomic mass is 10.1. The number of alkyl halides is 3. The van der Waals surface area contributed by atoms with E-state index < -0.39 is 39.4 Å². The Morgan fingerprint density at radius 1 is 1.21 bits per heavy atom. The van der Waals surface area contributed by atoms with Gasteiger partial charge in [0.2, 0.25) is 5.96 Å². The Labute approximate surface area is 112 Å². The van der Waals surface area contributed by atoms with Crippen molar-refractivity contribution in [3.05, 3.63) is 33.3 Å². The van der Waals surface area contributed by atoms with Crippen LogP contribution >= 0.6 is 15.9 Å². The largest absolute Gasteiger partial charge is 0.419 e. The van der Waals surface area contributed by atoms with Gasteiger partial charge in [-0.25, -0.2) is 8.78 Å². The second-order valence-electron chi connectivity index (χ2n) is 3.21. The third-order valence-corrected chi connectivity index (χ3v) is 2.43. The standard InChI is InChI=1S/C9H6BrF5N4/c10-5-1-4(9(13,14)15)6(11)3(7(5)12)2-18-19-8(16)17/h1-2H,(H4,16,17,19). The molecule has 0 amide bonds. The van der Waals surface area contributed by atoms with Crippen molar-refractivity contribution < 1.29 is 22.0 Å². The van der Waals surface area contributed by atoms with Gasteiger partial charge in [0.25, 0.3) is 0 Å². The van der Waals surface area contributed by atoms with Gasteiger partial charge in [-0.15, -0.1) is 5.10 Å². The fraction of sp³-hybridized carbons (Fsp3) is 0.111. The summed E-state index contributed by atoms with van der Waals surface area (Å²) in [6.45, 7) is 0. The number of nitrogens with two attached hydrogens (primary N) is 2. The van der Waals surface area contributed by atoms with E-state index in [-0.39, 0.29) is 0 Å². The molecular formula is C9H6BrF5N4. The summed E-state index contributed by atoms with van der Waals surface area (Å²) < 4.78 is 64.0. The molecule has 4 N–H and O–H groups in total. The van der Waals surface area contributed by atoms with E-state index in [1.54, 1.807) is 0 Å². The maximum absolute atomic E-state index is 13.6. The number of hydrogen-bond acceptors (Lipinski definition) is 2. The molecule has 0 radical (unpaired) electrons. The first-order valence-corrected chi connectivity index (χ1v) is 5.30. The second-order valence-corrected chi connectivity index (χ2v) is 4.07. The highest BCUT2D eigenvalue weighted by Crippen LogP contribution is 2.35. The minimum absolute atomic E-state index is 0.294. The van der Waals surface area contributed by atoms with Crippen molar-refractivity contribution in [3.63, 3.8) is 0 Å². The van der Waals surface area contributed by atoms with E-state index in [1.165, 1.54) is 0 Å². The Bertz CT molecular complexity index is 549. The van der Waals surface area contributed by atoms with Crippen LogP contribution < -0.4 is 11.5 Å². The second kappa shape index (κ2) is 5.51. The Kier molecular flexibility index (Phi) is 4.45. The molecule has 0 saturated heterocycles. The average molecular weight is 345 g/mol. The fourth-order valence-electron chi connectivity index (χ4n) is 1.10. The minimum atomic E-state index is -4.97. The molecule has 0 aliphatic rings. The summed E-state index contributed by atoms with van der Waals surface area (Å²) in [7, 11) is 0. The molecule has 0 saturated carbocycles. The first-order chi connectivity index (χ1) is 8.64. The smallest absolute Gasteiger partial charge is 0.369 e. The van der Waals surface area contributed by atoms with E-state index in [0.29, 0.717) is 12.3 Å². The zero-order chi connectivity index (χ0) is 14.8. The normalized spacial score (nSPS) is 11.9. The van der Waals surface area contributed by atoms with Crippen LogP contribution in [0.3, 0.4) is 0 Å². The molecule has 0 fully saturated rings. The molecule has 0 spiro atoms. The molecule has 1 aromatic rings. The van der Waals surface area contributed by atoms with Gasteiger partial charge in [-0.2, -0.15) is 18.3 Å². The van der Waals surface area contributed by atoms with Crippen molar-refractivity contribution >= 4 is 28.1 Å². The predicted octanol–water partition coefficient (Wildman–Crippen LogP) is 2.35. The van der Waals surface area contributed by atoms with Crippen molar-refractivity contribution in [2.24, 2.45) is 21.7 Å². The van der Waals surface area contributed by atoms with Crippen molar-refractivity contribution in [2.45, 2.75) is 6.18 Å². The molecule has 10 heteroatoms. The Morgan fingerprint density at radius 2 is 1.79 bits per heavy atom. The maximum atomic E-state index is 13.6. The number of benzene rings is 1. The lowest BCUT2D eigenvalue weighted by Gasteiger charge is -2.11. The summed E-state index contributed by atoms with van der Waals surface area (Å²) in [6.07, 6.45) is -4.52. The highest BCUT2D eigenvalue weighted by Gasteiger charge is 2.36. The quantitative estimate of drug-likeness (QED) is 0.284. The van der Waals surface area contributed by atoms with Crippen LogP contribution in [-0.4, -0.2) is 12.2 Å². The van der Waals surface area contributed by atoms with Crippen LogP contribution in [-0.2, 0) is 6.18 Å². The average Bonchev–Trinajstić information content (AvgIpc) is 2.26. The lowest BCUT2D eigenvalue weighted by Crippen LogP contribution is -2.21. The third kappa shape index (κ3) is 3.63. The van der Waals surface area contributed by atoms with Gasteiger partial charge >= 0.3 is 6.18 Å². The van der Waals surface area contributed by atoms with Crippen LogP contribution in [0.15, 0.2) is 20.7 Å². The van der Waals surface area contributed by atoms with Crippen LogP contribution in [0.1, 0.15) is 11.1 Å². The third-order valence-electron chi connectivity index (χ3n) is 1.86. The van der Waals surface area contributed by atoms with Gasteiger partial charge in [-0.1, -0.05) is 0 Å². The summed E-state index contributed by atoms with van der Waals surface area (Å²) in [5, 5.41) is 6.11. The zero-order valence-electron chi connectivity index (χ0n) is 8.97. The number of nitrogens with zero attached hydrogens (tertiary/aromatic N) is 2.